The Morgan fingerprint density at radius 2 is 2.00 bits per heavy atom. The number of nitrogens with one attached hydrogen (secondary N) is 1. The van der Waals surface area contributed by atoms with Crippen molar-refractivity contribution in [1.29, 1.82) is 0 Å². The zero-order chi connectivity index (χ0) is 18.8. The van der Waals surface area contributed by atoms with E-state index >= 15 is 0 Å². The molecule has 3 heterocycles. The van der Waals surface area contributed by atoms with Crippen molar-refractivity contribution in [3.05, 3.63) is 45.9 Å². The zero-order valence-electron chi connectivity index (χ0n) is 15.1. The van der Waals surface area contributed by atoms with E-state index in [0.717, 1.165) is 34.8 Å². The van der Waals surface area contributed by atoms with Crippen molar-refractivity contribution < 1.29 is 14.3 Å². The lowest BCUT2D eigenvalue weighted by atomic mass is 10.2. The molecule has 0 aliphatic rings. The van der Waals surface area contributed by atoms with E-state index in [2.05, 4.69) is 15.3 Å². The van der Waals surface area contributed by atoms with Gasteiger partial charge in [0, 0.05) is 11.9 Å². The Morgan fingerprint density at radius 1 is 1.23 bits per heavy atom. The van der Waals surface area contributed by atoms with Gasteiger partial charge in [-0.2, -0.15) is 0 Å². The second-order valence-electron chi connectivity index (χ2n) is 5.75. The summed E-state index contributed by atoms with van der Waals surface area (Å²) in [5.41, 5.74) is 3.87. The molecule has 0 saturated heterocycles. The topological polar surface area (TPSA) is 85.6 Å². The van der Waals surface area contributed by atoms with Crippen molar-refractivity contribution in [3.63, 3.8) is 0 Å². The number of nitrogens with zero attached hydrogens (tertiary/aromatic N) is 3. The molecule has 8 heteroatoms. The van der Waals surface area contributed by atoms with Crippen molar-refractivity contribution >= 4 is 34.0 Å². The van der Waals surface area contributed by atoms with Crippen molar-refractivity contribution in [1.82, 2.24) is 14.4 Å². The maximum atomic E-state index is 12.6. The van der Waals surface area contributed by atoms with Gasteiger partial charge in [-0.3, -0.25) is 10.1 Å². The maximum absolute atomic E-state index is 12.6. The van der Waals surface area contributed by atoms with Crippen molar-refractivity contribution in [2.24, 2.45) is 0 Å². The largest absolute Gasteiger partial charge is 0.462 e. The Hall–Kier alpha value is -2.74. The molecule has 7 nitrogen and oxygen atoms in total. The molecule has 0 atom stereocenters. The Balaban J connectivity index is 1.84. The van der Waals surface area contributed by atoms with Gasteiger partial charge in [-0.25, -0.2) is 14.8 Å². The van der Waals surface area contributed by atoms with Crippen LogP contribution in [0.5, 0.6) is 0 Å². The minimum atomic E-state index is -0.425. The third-order valence-corrected chi connectivity index (χ3v) is 5.08. The van der Waals surface area contributed by atoms with E-state index in [1.54, 1.807) is 26.1 Å². The lowest BCUT2D eigenvalue weighted by Gasteiger charge is -2.03. The SMILES string of the molecule is CCOC(=O)c1sc(NC(=O)c2ccc3nc(CC)c(C)n3c2)nc1C. The number of thiazole rings is 1. The number of ether oxygens (including phenoxy) is 1. The fraction of sp³-hybridized carbons (Fsp3) is 0.333. The molecule has 3 aromatic rings. The van der Waals surface area contributed by atoms with E-state index in [1.165, 1.54) is 0 Å². The third-order valence-electron chi connectivity index (χ3n) is 4.03. The first-order chi connectivity index (χ1) is 12.4. The number of aromatic nitrogens is 3. The highest BCUT2D eigenvalue weighted by Crippen LogP contribution is 2.24. The molecule has 0 saturated carbocycles. The molecule has 136 valence electrons. The number of imidazole rings is 1. The second kappa shape index (κ2) is 7.25. The number of hydrogen-bond donors (Lipinski definition) is 1. The van der Waals surface area contributed by atoms with Crippen LogP contribution in [-0.2, 0) is 11.2 Å². The number of fused-ring (bicyclic) bond motifs is 1. The summed E-state index contributed by atoms with van der Waals surface area (Å²) in [5, 5.41) is 3.12. The molecular formula is C18H20N4O3S. The molecule has 0 spiro atoms. The van der Waals surface area contributed by atoms with Crippen LogP contribution in [0.4, 0.5) is 5.13 Å². The highest BCUT2D eigenvalue weighted by Gasteiger charge is 2.18. The molecule has 0 aliphatic carbocycles. The molecule has 1 amide bonds. The first-order valence-corrected chi connectivity index (χ1v) is 9.19. The van der Waals surface area contributed by atoms with Crippen LogP contribution in [-0.4, -0.2) is 32.9 Å². The molecule has 3 aromatic heterocycles. The van der Waals surface area contributed by atoms with Crippen molar-refractivity contribution in [2.45, 2.75) is 34.1 Å². The van der Waals surface area contributed by atoms with Crippen LogP contribution in [0.15, 0.2) is 18.3 Å². The summed E-state index contributed by atoms with van der Waals surface area (Å²) >= 11 is 1.11. The summed E-state index contributed by atoms with van der Waals surface area (Å²) in [6.45, 7) is 7.78. The molecule has 1 N–H and O–H groups in total. The van der Waals surface area contributed by atoms with Gasteiger partial charge in [-0.1, -0.05) is 18.3 Å². The average molecular weight is 372 g/mol. The van der Waals surface area contributed by atoms with Gasteiger partial charge < -0.3 is 9.14 Å². The highest BCUT2D eigenvalue weighted by molar-refractivity contribution is 7.17. The number of rotatable bonds is 5. The Morgan fingerprint density at radius 3 is 2.69 bits per heavy atom. The molecule has 0 unspecified atom stereocenters. The van der Waals surface area contributed by atoms with Gasteiger partial charge in [0.1, 0.15) is 10.5 Å². The lowest BCUT2D eigenvalue weighted by molar-refractivity contribution is 0.0531. The van der Waals surface area contributed by atoms with Gasteiger partial charge >= 0.3 is 5.97 Å². The number of amides is 1. The van der Waals surface area contributed by atoms with Gasteiger partial charge in [0.25, 0.3) is 5.91 Å². The van der Waals surface area contributed by atoms with Gasteiger partial charge in [-0.15, -0.1) is 0 Å². The normalized spacial score (nSPS) is 10.9. The number of anilines is 1. The summed E-state index contributed by atoms with van der Waals surface area (Å²) in [6.07, 6.45) is 2.60. The molecule has 0 aliphatic heterocycles. The number of hydrogen-bond acceptors (Lipinski definition) is 6. The highest BCUT2D eigenvalue weighted by atomic mass is 32.1. The predicted molar refractivity (Wildman–Crippen MR) is 100 cm³/mol. The van der Waals surface area contributed by atoms with Crippen LogP contribution in [0.25, 0.3) is 5.65 Å². The van der Waals surface area contributed by atoms with E-state index in [9.17, 15) is 9.59 Å². The van der Waals surface area contributed by atoms with Crippen LogP contribution in [0.3, 0.4) is 0 Å². The average Bonchev–Trinajstić information content (AvgIpc) is 3.14. The summed E-state index contributed by atoms with van der Waals surface area (Å²) in [6, 6.07) is 3.54. The van der Waals surface area contributed by atoms with Crippen LogP contribution < -0.4 is 5.32 Å². The van der Waals surface area contributed by atoms with Crippen LogP contribution in [0, 0.1) is 13.8 Å². The fourth-order valence-electron chi connectivity index (χ4n) is 2.69. The molecule has 26 heavy (non-hydrogen) atoms. The van der Waals surface area contributed by atoms with E-state index in [1.807, 2.05) is 24.3 Å². The first-order valence-electron chi connectivity index (χ1n) is 8.38. The van der Waals surface area contributed by atoms with Crippen LogP contribution in [0.1, 0.15) is 51.0 Å². The minimum absolute atomic E-state index is 0.290. The van der Waals surface area contributed by atoms with Crippen LogP contribution >= 0.6 is 11.3 Å². The standard InChI is InChI=1S/C18H20N4O3S/c1-5-13-11(4)22-9-12(7-8-14(22)20-13)16(23)21-18-19-10(3)15(26-18)17(24)25-6-2/h7-9H,5-6H2,1-4H3,(H,19,21,23). The van der Waals surface area contributed by atoms with Crippen molar-refractivity contribution in [3.8, 4) is 0 Å². The fourth-order valence-corrected chi connectivity index (χ4v) is 3.54. The molecular weight excluding hydrogens is 352 g/mol. The number of esters is 1. The second-order valence-corrected chi connectivity index (χ2v) is 6.75. The molecule has 0 bridgehead atoms. The summed E-state index contributed by atoms with van der Waals surface area (Å²) in [5.74, 6) is -0.715. The minimum Gasteiger partial charge on any atom is -0.462 e. The lowest BCUT2D eigenvalue weighted by Crippen LogP contribution is -2.12. The third kappa shape index (κ3) is 3.32. The molecule has 0 aromatic carbocycles. The smallest absolute Gasteiger partial charge is 0.350 e. The predicted octanol–water partition coefficient (Wildman–Crippen LogP) is 3.40. The van der Waals surface area contributed by atoms with Crippen molar-refractivity contribution in [2.75, 3.05) is 11.9 Å². The summed E-state index contributed by atoms with van der Waals surface area (Å²) in [7, 11) is 0. The van der Waals surface area contributed by atoms with Crippen LogP contribution in [0.2, 0.25) is 0 Å². The Bertz CT molecular complexity index is 990. The quantitative estimate of drug-likeness (QED) is 0.694. The number of carbonyl (C=O) groups is 2. The van der Waals surface area contributed by atoms with Gasteiger partial charge in [0.2, 0.25) is 0 Å². The zero-order valence-corrected chi connectivity index (χ0v) is 15.9. The Labute approximate surface area is 155 Å². The number of pyridine rings is 1. The monoisotopic (exact) mass is 372 g/mol. The first kappa shape index (κ1) is 18.1. The molecule has 0 fully saturated rings. The molecule has 3 rings (SSSR count). The van der Waals surface area contributed by atoms with Gasteiger partial charge in [0.15, 0.2) is 5.13 Å². The van der Waals surface area contributed by atoms with E-state index in [0.29, 0.717) is 27.9 Å². The summed E-state index contributed by atoms with van der Waals surface area (Å²) in [4.78, 5) is 33.6. The maximum Gasteiger partial charge on any atom is 0.350 e. The summed E-state index contributed by atoms with van der Waals surface area (Å²) < 4.78 is 6.90. The molecule has 0 radical (unpaired) electrons. The Kier molecular flexibility index (Phi) is 5.03. The number of aryl methyl sites for hydroxylation is 3. The number of carbonyl (C=O) groups excluding carboxylic acids is 2. The van der Waals surface area contributed by atoms with Gasteiger partial charge in [0.05, 0.1) is 23.6 Å². The van der Waals surface area contributed by atoms with E-state index < -0.39 is 5.97 Å². The van der Waals surface area contributed by atoms with E-state index in [-0.39, 0.29) is 5.91 Å². The van der Waals surface area contributed by atoms with Gasteiger partial charge in [-0.05, 0) is 39.3 Å². The van der Waals surface area contributed by atoms with E-state index in [4.69, 9.17) is 4.74 Å².